The Balaban J connectivity index is 1.54. The zero-order valence-corrected chi connectivity index (χ0v) is 21.1. The van der Waals surface area contributed by atoms with Gasteiger partial charge in [-0.05, 0) is 60.0 Å². The van der Waals surface area contributed by atoms with E-state index in [2.05, 4.69) is 62.5 Å². The molecule has 0 aliphatic rings. The van der Waals surface area contributed by atoms with E-state index in [0.717, 1.165) is 57.4 Å². The maximum atomic E-state index is 12.1. The summed E-state index contributed by atoms with van der Waals surface area (Å²) in [6.45, 7) is 9.15. The predicted octanol–water partition coefficient (Wildman–Crippen LogP) is 8.38. The fourth-order valence-corrected chi connectivity index (χ4v) is 3.88. The normalized spacial score (nSPS) is 12.2. The lowest BCUT2D eigenvalue weighted by atomic mass is 9.87. The summed E-state index contributed by atoms with van der Waals surface area (Å²) in [5.74, 6) is 0.905. The van der Waals surface area contributed by atoms with E-state index in [1.54, 1.807) is 0 Å². The first kappa shape index (κ1) is 28.2. The van der Waals surface area contributed by atoms with E-state index in [0.29, 0.717) is 13.0 Å². The highest BCUT2D eigenvalue weighted by Gasteiger charge is 2.25. The number of hydrogen-bond acceptors (Lipinski definition) is 2. The number of unbranched alkanes of at least 4 members (excludes halogenated alkanes) is 6. The highest BCUT2D eigenvalue weighted by molar-refractivity contribution is 5.29. The molecular weight excluding hydrogens is 435 g/mol. The van der Waals surface area contributed by atoms with Crippen LogP contribution in [-0.4, -0.2) is 19.3 Å². The van der Waals surface area contributed by atoms with Gasteiger partial charge in [-0.3, -0.25) is 0 Å². The van der Waals surface area contributed by atoms with Crippen molar-refractivity contribution in [2.24, 2.45) is 0 Å². The predicted molar refractivity (Wildman–Crippen MR) is 135 cm³/mol. The Hall–Kier alpha value is -2.01. The summed E-state index contributed by atoms with van der Waals surface area (Å²) < 4.78 is 42.2. The molecule has 0 atom stereocenters. The number of hydrogen-bond donors (Lipinski definition) is 1. The number of benzene rings is 2. The number of halogens is 3. The molecule has 5 heteroatoms. The van der Waals surface area contributed by atoms with Gasteiger partial charge in [0.15, 0.2) is 0 Å². The van der Waals surface area contributed by atoms with Crippen LogP contribution in [0.3, 0.4) is 0 Å². The molecule has 0 saturated carbocycles. The lowest BCUT2D eigenvalue weighted by Gasteiger charge is -2.19. The van der Waals surface area contributed by atoms with Crippen molar-refractivity contribution in [3.05, 3.63) is 65.2 Å². The van der Waals surface area contributed by atoms with E-state index in [1.807, 2.05) is 12.1 Å². The Morgan fingerprint density at radius 2 is 1.41 bits per heavy atom. The van der Waals surface area contributed by atoms with Crippen LogP contribution in [0.4, 0.5) is 13.2 Å². The summed E-state index contributed by atoms with van der Waals surface area (Å²) in [4.78, 5) is 0. The van der Waals surface area contributed by atoms with Crippen LogP contribution in [0.5, 0.6) is 5.75 Å². The summed E-state index contributed by atoms with van der Waals surface area (Å²) in [7, 11) is 0. The topological polar surface area (TPSA) is 21.3 Å². The van der Waals surface area contributed by atoms with Gasteiger partial charge in [-0.25, -0.2) is 0 Å². The summed E-state index contributed by atoms with van der Waals surface area (Å²) in [5.41, 5.74) is 4.09. The van der Waals surface area contributed by atoms with Gasteiger partial charge in [-0.2, -0.15) is 13.2 Å². The van der Waals surface area contributed by atoms with Crippen molar-refractivity contribution in [1.29, 1.82) is 0 Å². The first-order chi connectivity index (χ1) is 16.1. The molecule has 0 aliphatic carbocycles. The molecule has 0 heterocycles. The van der Waals surface area contributed by atoms with Crippen LogP contribution in [0, 0.1) is 0 Å². The second kappa shape index (κ2) is 14.4. The molecule has 0 fully saturated rings. The molecular formula is C29H42F3NO. The molecule has 190 valence electrons. The highest BCUT2D eigenvalue weighted by Crippen LogP contribution is 2.24. The number of nitrogens with one attached hydrogen (secondary N) is 1. The summed E-state index contributed by atoms with van der Waals surface area (Å²) in [6, 6.07) is 17.1. The number of alkyl halides is 3. The van der Waals surface area contributed by atoms with Crippen molar-refractivity contribution in [1.82, 2.24) is 5.32 Å². The van der Waals surface area contributed by atoms with Crippen LogP contribution < -0.4 is 10.1 Å². The monoisotopic (exact) mass is 477 g/mol. The van der Waals surface area contributed by atoms with Crippen LogP contribution in [-0.2, 0) is 18.4 Å². The average molecular weight is 478 g/mol. The minimum absolute atomic E-state index is 0.182. The molecule has 0 aromatic heterocycles. The number of ether oxygens (including phenoxy) is 1. The average Bonchev–Trinajstić information content (AvgIpc) is 2.77. The van der Waals surface area contributed by atoms with Gasteiger partial charge in [0.1, 0.15) is 5.75 Å². The van der Waals surface area contributed by atoms with Gasteiger partial charge >= 0.3 is 6.18 Å². The van der Waals surface area contributed by atoms with Gasteiger partial charge in [0.05, 0.1) is 6.61 Å². The molecule has 0 bridgehead atoms. The van der Waals surface area contributed by atoms with E-state index < -0.39 is 12.6 Å². The van der Waals surface area contributed by atoms with Crippen LogP contribution in [0.25, 0.3) is 0 Å². The largest absolute Gasteiger partial charge is 0.494 e. The first-order valence-electron chi connectivity index (χ1n) is 12.7. The SMILES string of the molecule is CC(C)(C)c1ccc(CNCCc2cccc(OCCCCCCCCCC(F)(F)F)c2)cc1. The molecule has 34 heavy (non-hydrogen) atoms. The summed E-state index contributed by atoms with van der Waals surface area (Å²) >= 11 is 0. The van der Waals surface area contributed by atoms with Crippen molar-refractivity contribution in [3.8, 4) is 5.75 Å². The fraction of sp³-hybridized carbons (Fsp3) is 0.586. The van der Waals surface area contributed by atoms with Crippen molar-refractivity contribution in [2.75, 3.05) is 13.2 Å². The smallest absolute Gasteiger partial charge is 0.389 e. The fourth-order valence-electron chi connectivity index (χ4n) is 3.88. The van der Waals surface area contributed by atoms with E-state index >= 15 is 0 Å². The maximum absolute atomic E-state index is 12.1. The summed E-state index contributed by atoms with van der Waals surface area (Å²) in [6.07, 6.45) is 2.18. The second-order valence-corrected chi connectivity index (χ2v) is 10.2. The first-order valence-corrected chi connectivity index (χ1v) is 12.7. The molecule has 2 aromatic carbocycles. The van der Waals surface area contributed by atoms with Gasteiger partial charge in [-0.15, -0.1) is 0 Å². The van der Waals surface area contributed by atoms with Crippen LogP contribution >= 0.6 is 0 Å². The molecule has 0 saturated heterocycles. The van der Waals surface area contributed by atoms with Crippen LogP contribution in [0.1, 0.15) is 88.8 Å². The number of rotatable bonds is 15. The van der Waals surface area contributed by atoms with Gasteiger partial charge < -0.3 is 10.1 Å². The lowest BCUT2D eigenvalue weighted by molar-refractivity contribution is -0.135. The van der Waals surface area contributed by atoms with Gasteiger partial charge in [-0.1, -0.05) is 89.3 Å². The van der Waals surface area contributed by atoms with Gasteiger partial charge in [0, 0.05) is 13.0 Å². The van der Waals surface area contributed by atoms with Crippen molar-refractivity contribution in [3.63, 3.8) is 0 Å². The Kier molecular flexibility index (Phi) is 12.0. The lowest BCUT2D eigenvalue weighted by Crippen LogP contribution is -2.17. The van der Waals surface area contributed by atoms with Crippen LogP contribution in [0.2, 0.25) is 0 Å². The standard InChI is InChI=1S/C29H42F3NO/c1-28(2,3)26-16-14-25(15-17-26)23-33-20-18-24-12-11-13-27(22-24)34-21-10-8-6-4-5-7-9-19-29(30,31)32/h11-17,22,33H,4-10,18-21,23H2,1-3H3. The molecule has 2 aromatic rings. The molecule has 1 N–H and O–H groups in total. The second-order valence-electron chi connectivity index (χ2n) is 10.2. The molecule has 0 radical (unpaired) electrons. The Morgan fingerprint density at radius 3 is 2.06 bits per heavy atom. The van der Waals surface area contributed by atoms with E-state index in [4.69, 9.17) is 4.74 Å². The maximum Gasteiger partial charge on any atom is 0.389 e. The molecule has 0 aliphatic heterocycles. The highest BCUT2D eigenvalue weighted by atomic mass is 19.4. The minimum atomic E-state index is -4.01. The summed E-state index contributed by atoms with van der Waals surface area (Å²) in [5, 5.41) is 3.52. The molecule has 2 nitrogen and oxygen atoms in total. The Bertz CT molecular complexity index is 809. The zero-order chi connectivity index (χ0) is 24.9. The molecule has 2 rings (SSSR count). The third-order valence-electron chi connectivity index (χ3n) is 6.01. The van der Waals surface area contributed by atoms with Crippen molar-refractivity contribution in [2.45, 2.75) is 96.7 Å². The molecule has 0 unspecified atom stereocenters. The van der Waals surface area contributed by atoms with E-state index in [-0.39, 0.29) is 11.8 Å². The van der Waals surface area contributed by atoms with E-state index in [9.17, 15) is 13.2 Å². The third-order valence-corrected chi connectivity index (χ3v) is 6.01. The van der Waals surface area contributed by atoms with E-state index in [1.165, 1.54) is 16.7 Å². The van der Waals surface area contributed by atoms with Crippen molar-refractivity contribution < 1.29 is 17.9 Å². The van der Waals surface area contributed by atoms with Gasteiger partial charge in [0.2, 0.25) is 0 Å². The van der Waals surface area contributed by atoms with Gasteiger partial charge in [0.25, 0.3) is 0 Å². The third kappa shape index (κ3) is 12.5. The van der Waals surface area contributed by atoms with Crippen molar-refractivity contribution >= 4 is 0 Å². The quantitative estimate of drug-likeness (QED) is 0.260. The Morgan fingerprint density at radius 1 is 0.765 bits per heavy atom. The zero-order valence-electron chi connectivity index (χ0n) is 21.1. The Labute approximate surface area is 204 Å². The molecule has 0 amide bonds. The minimum Gasteiger partial charge on any atom is -0.494 e. The molecule has 0 spiro atoms. The van der Waals surface area contributed by atoms with Crippen LogP contribution in [0.15, 0.2) is 48.5 Å².